The highest BCUT2D eigenvalue weighted by molar-refractivity contribution is 7.92. The number of sulfonamides is 1. The van der Waals surface area contributed by atoms with Crippen molar-refractivity contribution in [2.75, 3.05) is 11.3 Å². The summed E-state index contributed by atoms with van der Waals surface area (Å²) in [6.45, 7) is 4.53. The molecule has 2 aromatic carbocycles. The molecule has 0 fully saturated rings. The van der Waals surface area contributed by atoms with Gasteiger partial charge in [0.2, 0.25) is 0 Å². The number of aromatic amines is 1. The van der Waals surface area contributed by atoms with Crippen LogP contribution >= 0.6 is 23.2 Å². The Balaban J connectivity index is 1.84. The van der Waals surface area contributed by atoms with Crippen LogP contribution in [-0.2, 0) is 10.0 Å². The molecule has 0 spiro atoms. The summed E-state index contributed by atoms with van der Waals surface area (Å²) in [5.74, 6) is 0.0801. The molecule has 1 heterocycles. The fraction of sp³-hybridized carbons (Fsp3) is 0.211. The molecule has 0 unspecified atom stereocenters. The van der Waals surface area contributed by atoms with Crippen molar-refractivity contribution >= 4 is 55.7 Å². The standard InChI is InChI=1S/C19H19Cl2N3O3S/c1-11(2)9-23-19(25)12-3-5-13(6-4-12)28(26,27)24-16-8-7-14(20)17-15(21)10-22-18(16)17/h3-8,10-11,22,24H,9H2,1-2H3,(H,23,25). The van der Waals surface area contributed by atoms with Gasteiger partial charge in [-0.15, -0.1) is 0 Å². The molecule has 0 aliphatic heterocycles. The Labute approximate surface area is 173 Å². The van der Waals surface area contributed by atoms with Crippen LogP contribution in [0.4, 0.5) is 5.69 Å². The highest BCUT2D eigenvalue weighted by Gasteiger charge is 2.18. The average Bonchev–Trinajstić information content (AvgIpc) is 3.05. The van der Waals surface area contributed by atoms with Crippen LogP contribution in [-0.4, -0.2) is 25.9 Å². The van der Waals surface area contributed by atoms with Crippen LogP contribution in [0.2, 0.25) is 10.0 Å². The number of hydrogen-bond donors (Lipinski definition) is 3. The van der Waals surface area contributed by atoms with Crippen LogP contribution < -0.4 is 10.0 Å². The molecule has 3 aromatic rings. The third-order valence-corrected chi connectivity index (χ3v) is 6.07. The third kappa shape index (κ3) is 4.27. The summed E-state index contributed by atoms with van der Waals surface area (Å²) < 4.78 is 28.0. The van der Waals surface area contributed by atoms with Crippen molar-refractivity contribution < 1.29 is 13.2 Å². The van der Waals surface area contributed by atoms with Gasteiger partial charge < -0.3 is 10.3 Å². The molecule has 3 N–H and O–H groups in total. The van der Waals surface area contributed by atoms with E-state index in [1.165, 1.54) is 24.3 Å². The van der Waals surface area contributed by atoms with Crippen molar-refractivity contribution in [3.8, 4) is 0 Å². The molecule has 3 rings (SSSR count). The summed E-state index contributed by atoms with van der Waals surface area (Å²) in [7, 11) is -3.86. The summed E-state index contributed by atoms with van der Waals surface area (Å²) in [6, 6.07) is 8.87. The number of fused-ring (bicyclic) bond motifs is 1. The van der Waals surface area contributed by atoms with Gasteiger partial charge in [0, 0.05) is 23.7 Å². The Hall–Kier alpha value is -2.22. The van der Waals surface area contributed by atoms with Crippen LogP contribution in [0.3, 0.4) is 0 Å². The zero-order chi connectivity index (χ0) is 20.5. The topological polar surface area (TPSA) is 91.1 Å². The number of nitrogens with one attached hydrogen (secondary N) is 3. The number of amides is 1. The lowest BCUT2D eigenvalue weighted by molar-refractivity contribution is 0.0949. The predicted octanol–water partition coefficient (Wildman–Crippen LogP) is 4.66. The molecule has 9 heteroatoms. The van der Waals surface area contributed by atoms with Crippen LogP contribution in [0.5, 0.6) is 0 Å². The summed E-state index contributed by atoms with van der Waals surface area (Å²) in [5.41, 5.74) is 1.21. The van der Waals surface area contributed by atoms with E-state index in [0.717, 1.165) is 0 Å². The molecule has 0 radical (unpaired) electrons. The monoisotopic (exact) mass is 439 g/mol. The molecule has 0 aliphatic carbocycles. The molecule has 0 aliphatic rings. The van der Waals surface area contributed by atoms with Crippen LogP contribution in [0.25, 0.3) is 10.9 Å². The Morgan fingerprint density at radius 2 is 1.75 bits per heavy atom. The summed E-state index contributed by atoms with van der Waals surface area (Å²) >= 11 is 12.2. The van der Waals surface area contributed by atoms with E-state index in [1.54, 1.807) is 18.3 Å². The Bertz CT molecular complexity index is 1120. The first-order valence-corrected chi connectivity index (χ1v) is 10.8. The van der Waals surface area contributed by atoms with Crippen LogP contribution in [0.1, 0.15) is 24.2 Å². The Kier molecular flexibility index (Phi) is 5.88. The van der Waals surface area contributed by atoms with E-state index in [-0.39, 0.29) is 10.8 Å². The van der Waals surface area contributed by atoms with E-state index >= 15 is 0 Å². The van der Waals surface area contributed by atoms with Gasteiger partial charge >= 0.3 is 0 Å². The van der Waals surface area contributed by atoms with Crippen molar-refractivity contribution in [2.24, 2.45) is 5.92 Å². The van der Waals surface area contributed by atoms with E-state index in [2.05, 4.69) is 15.0 Å². The molecule has 0 saturated heterocycles. The predicted molar refractivity (Wildman–Crippen MR) is 113 cm³/mol. The number of carbonyl (C=O) groups is 1. The molecular formula is C19H19Cl2N3O3S. The molecule has 6 nitrogen and oxygen atoms in total. The van der Waals surface area contributed by atoms with E-state index < -0.39 is 10.0 Å². The minimum atomic E-state index is -3.86. The minimum Gasteiger partial charge on any atom is -0.358 e. The van der Waals surface area contributed by atoms with E-state index in [4.69, 9.17) is 23.2 Å². The highest BCUT2D eigenvalue weighted by atomic mass is 35.5. The first-order chi connectivity index (χ1) is 13.2. The Morgan fingerprint density at radius 1 is 1.07 bits per heavy atom. The molecule has 1 aromatic heterocycles. The molecule has 1 amide bonds. The average molecular weight is 440 g/mol. The van der Waals surface area contributed by atoms with Crippen molar-refractivity contribution in [3.63, 3.8) is 0 Å². The number of aromatic nitrogens is 1. The number of rotatable bonds is 6. The second kappa shape index (κ2) is 8.03. The lowest BCUT2D eigenvalue weighted by Crippen LogP contribution is -2.27. The zero-order valence-corrected chi connectivity index (χ0v) is 17.5. The van der Waals surface area contributed by atoms with Gasteiger partial charge in [0.25, 0.3) is 15.9 Å². The maximum atomic E-state index is 12.7. The van der Waals surface area contributed by atoms with Gasteiger partial charge in [-0.05, 0) is 42.3 Å². The van der Waals surface area contributed by atoms with Gasteiger partial charge in [0.1, 0.15) is 0 Å². The number of carbonyl (C=O) groups excluding carboxylic acids is 1. The second-order valence-corrected chi connectivity index (χ2v) is 9.21. The number of hydrogen-bond acceptors (Lipinski definition) is 3. The highest BCUT2D eigenvalue weighted by Crippen LogP contribution is 2.35. The molecule has 148 valence electrons. The van der Waals surface area contributed by atoms with Crippen LogP contribution in [0.15, 0.2) is 47.5 Å². The molecule has 0 atom stereocenters. The smallest absolute Gasteiger partial charge is 0.261 e. The fourth-order valence-electron chi connectivity index (χ4n) is 2.64. The Morgan fingerprint density at radius 3 is 2.39 bits per heavy atom. The SMILES string of the molecule is CC(C)CNC(=O)c1ccc(S(=O)(=O)Nc2ccc(Cl)c3c(Cl)c[nH]c23)cc1. The quantitative estimate of drug-likeness (QED) is 0.521. The number of anilines is 1. The van der Waals surface area contributed by atoms with E-state index in [0.29, 0.717) is 44.7 Å². The number of benzene rings is 2. The number of halogens is 2. The molecule has 0 bridgehead atoms. The molecular weight excluding hydrogens is 421 g/mol. The summed E-state index contributed by atoms with van der Waals surface area (Å²) in [6.07, 6.45) is 1.54. The van der Waals surface area contributed by atoms with Gasteiger partial charge in [-0.25, -0.2) is 8.42 Å². The van der Waals surface area contributed by atoms with Gasteiger partial charge in [0.05, 0.1) is 26.1 Å². The van der Waals surface area contributed by atoms with Crippen molar-refractivity contribution in [2.45, 2.75) is 18.7 Å². The fourth-order valence-corrected chi connectivity index (χ4v) is 4.27. The van der Waals surface area contributed by atoms with Gasteiger partial charge in [-0.3, -0.25) is 9.52 Å². The van der Waals surface area contributed by atoms with Gasteiger partial charge in [-0.1, -0.05) is 37.0 Å². The largest absolute Gasteiger partial charge is 0.358 e. The third-order valence-electron chi connectivity index (χ3n) is 4.08. The zero-order valence-electron chi connectivity index (χ0n) is 15.2. The molecule has 28 heavy (non-hydrogen) atoms. The lowest BCUT2D eigenvalue weighted by atomic mass is 10.2. The maximum absolute atomic E-state index is 12.7. The van der Waals surface area contributed by atoms with Crippen molar-refractivity contribution in [1.82, 2.24) is 10.3 Å². The first kappa shape index (κ1) is 20.5. The minimum absolute atomic E-state index is 0.0358. The maximum Gasteiger partial charge on any atom is 0.261 e. The first-order valence-electron chi connectivity index (χ1n) is 8.55. The van der Waals surface area contributed by atoms with Gasteiger partial charge in [-0.2, -0.15) is 0 Å². The van der Waals surface area contributed by atoms with E-state index in [9.17, 15) is 13.2 Å². The lowest BCUT2D eigenvalue weighted by Gasteiger charge is -2.11. The second-order valence-electron chi connectivity index (χ2n) is 6.72. The normalized spacial score (nSPS) is 11.8. The molecule has 0 saturated carbocycles. The summed E-state index contributed by atoms with van der Waals surface area (Å²) in [4.78, 5) is 15.0. The van der Waals surface area contributed by atoms with E-state index in [1.807, 2.05) is 13.8 Å². The van der Waals surface area contributed by atoms with Crippen LogP contribution in [0, 0.1) is 5.92 Å². The number of H-pyrrole nitrogens is 1. The van der Waals surface area contributed by atoms with Crippen molar-refractivity contribution in [3.05, 3.63) is 58.2 Å². The van der Waals surface area contributed by atoms with Crippen molar-refractivity contribution in [1.29, 1.82) is 0 Å². The van der Waals surface area contributed by atoms with Gasteiger partial charge in [0.15, 0.2) is 0 Å². The summed E-state index contributed by atoms with van der Waals surface area (Å²) in [5, 5.41) is 4.15.